The van der Waals surface area contributed by atoms with Crippen molar-refractivity contribution in [2.45, 2.75) is 11.8 Å². The van der Waals surface area contributed by atoms with E-state index in [9.17, 15) is 18.5 Å². The van der Waals surface area contributed by atoms with E-state index in [-0.39, 0.29) is 22.1 Å². The van der Waals surface area contributed by atoms with E-state index in [1.165, 1.54) is 49.8 Å². The quantitative estimate of drug-likeness (QED) is 0.158. The molecule has 4 rings (SSSR count). The second-order valence-electron chi connectivity index (χ2n) is 7.41. The van der Waals surface area contributed by atoms with Crippen LogP contribution in [0.25, 0.3) is 10.2 Å². The fourth-order valence-electron chi connectivity index (χ4n) is 3.26. The third-order valence-electron chi connectivity index (χ3n) is 5.12. The van der Waals surface area contributed by atoms with Crippen molar-refractivity contribution in [3.63, 3.8) is 0 Å². The molecule has 4 aromatic rings. The highest BCUT2D eigenvalue weighted by Gasteiger charge is 2.23. The molecule has 0 bridgehead atoms. The van der Waals surface area contributed by atoms with Crippen molar-refractivity contribution in [2.75, 3.05) is 7.11 Å². The van der Waals surface area contributed by atoms with Crippen LogP contribution < -0.4 is 13.7 Å². The lowest BCUT2D eigenvalue weighted by Crippen LogP contribution is -2.11. The monoisotopic (exact) mass is 512 g/mol. The van der Waals surface area contributed by atoms with Crippen molar-refractivity contribution in [3.8, 4) is 11.5 Å². The third kappa shape index (κ3) is 5.08. The molecule has 12 heteroatoms. The highest BCUT2D eigenvalue weighted by Crippen LogP contribution is 2.31. The zero-order chi connectivity index (χ0) is 25.2. The van der Waals surface area contributed by atoms with Gasteiger partial charge in [-0.05, 0) is 48.9 Å². The lowest BCUT2D eigenvalue weighted by atomic mass is 10.2. The van der Waals surface area contributed by atoms with Gasteiger partial charge in [0.05, 0.1) is 28.5 Å². The Morgan fingerprint density at radius 3 is 2.57 bits per heavy atom. The van der Waals surface area contributed by atoms with Crippen molar-refractivity contribution in [1.29, 1.82) is 0 Å². The molecule has 0 amide bonds. The average Bonchev–Trinajstić information content (AvgIpc) is 3.15. The van der Waals surface area contributed by atoms with Gasteiger partial charge in [-0.2, -0.15) is 13.5 Å². The van der Waals surface area contributed by atoms with E-state index in [1.807, 2.05) is 35.9 Å². The van der Waals surface area contributed by atoms with Crippen LogP contribution in [0, 0.1) is 17.0 Å². The van der Waals surface area contributed by atoms with E-state index in [0.717, 1.165) is 16.3 Å². The molecule has 0 fully saturated rings. The summed E-state index contributed by atoms with van der Waals surface area (Å²) in [5, 5.41) is 19.6. The van der Waals surface area contributed by atoms with E-state index in [2.05, 4.69) is 10.2 Å². The zero-order valence-corrected chi connectivity index (χ0v) is 20.5. The van der Waals surface area contributed by atoms with Crippen LogP contribution in [0.1, 0.15) is 11.1 Å². The van der Waals surface area contributed by atoms with E-state index in [4.69, 9.17) is 8.92 Å². The van der Waals surface area contributed by atoms with Crippen LogP contribution in [0.15, 0.2) is 75.8 Å². The van der Waals surface area contributed by atoms with Gasteiger partial charge >= 0.3 is 10.1 Å². The number of aromatic nitrogens is 1. The van der Waals surface area contributed by atoms with E-state index >= 15 is 0 Å². The number of fused-ring (bicyclic) bond motifs is 1. The minimum absolute atomic E-state index is 0.0688. The lowest BCUT2D eigenvalue weighted by molar-refractivity contribution is -0.385. The Balaban J connectivity index is 1.59. The Kier molecular flexibility index (Phi) is 6.67. The van der Waals surface area contributed by atoms with Crippen molar-refractivity contribution < 1.29 is 22.3 Å². The van der Waals surface area contributed by atoms with Gasteiger partial charge in [0.25, 0.3) is 5.69 Å². The fraction of sp³-hybridized carbons (Fsp3) is 0.130. The molecular weight excluding hydrogens is 492 g/mol. The topological polar surface area (TPSA) is 125 Å². The van der Waals surface area contributed by atoms with Crippen molar-refractivity contribution in [1.82, 2.24) is 4.57 Å². The average molecular weight is 513 g/mol. The Hall–Kier alpha value is -4.03. The summed E-state index contributed by atoms with van der Waals surface area (Å²) < 4.78 is 39.0. The SMILES string of the molecule is COc1cc(/C=N\N=c2\sc3ccccc3n2C)ccc1OS(=O)(=O)c1ccc(C)c([N+](=O)[O-])c1. The summed E-state index contributed by atoms with van der Waals surface area (Å²) in [4.78, 5) is 10.9. The summed E-state index contributed by atoms with van der Waals surface area (Å²) in [6, 6.07) is 16.1. The van der Waals surface area contributed by atoms with Gasteiger partial charge < -0.3 is 13.5 Å². The summed E-state index contributed by atoms with van der Waals surface area (Å²) in [5.74, 6) is 0.0762. The number of nitro benzene ring substituents is 1. The first-order valence-corrected chi connectivity index (χ1v) is 12.4. The number of benzene rings is 3. The van der Waals surface area contributed by atoms with Gasteiger partial charge in [0, 0.05) is 18.7 Å². The molecule has 3 aromatic carbocycles. The van der Waals surface area contributed by atoms with Crippen LogP contribution in [-0.2, 0) is 17.2 Å². The number of thiazole rings is 1. The second-order valence-corrected chi connectivity index (χ2v) is 9.96. The molecule has 180 valence electrons. The smallest absolute Gasteiger partial charge is 0.339 e. The number of hydrogen-bond acceptors (Lipinski definition) is 9. The van der Waals surface area contributed by atoms with Gasteiger partial charge in [-0.3, -0.25) is 10.1 Å². The summed E-state index contributed by atoms with van der Waals surface area (Å²) in [5.41, 5.74) is 1.67. The Morgan fingerprint density at radius 1 is 1.09 bits per heavy atom. The molecule has 0 saturated carbocycles. The normalized spacial score (nSPS) is 12.4. The van der Waals surface area contributed by atoms with E-state index in [1.54, 1.807) is 12.1 Å². The molecule has 0 aliphatic rings. The van der Waals surface area contributed by atoms with Gasteiger partial charge in [0.2, 0.25) is 4.80 Å². The zero-order valence-electron chi connectivity index (χ0n) is 18.9. The largest absolute Gasteiger partial charge is 0.493 e. The first-order valence-electron chi connectivity index (χ1n) is 10.2. The predicted molar refractivity (Wildman–Crippen MR) is 133 cm³/mol. The Bertz CT molecular complexity index is 1640. The maximum atomic E-state index is 12.7. The molecule has 10 nitrogen and oxygen atoms in total. The molecular formula is C23H20N4O6S2. The number of para-hydroxylation sites is 1. The van der Waals surface area contributed by atoms with E-state index in [0.29, 0.717) is 15.9 Å². The van der Waals surface area contributed by atoms with Crippen LogP contribution in [-0.4, -0.2) is 31.2 Å². The van der Waals surface area contributed by atoms with Gasteiger partial charge in [0.1, 0.15) is 4.90 Å². The van der Waals surface area contributed by atoms with Gasteiger partial charge in [-0.1, -0.05) is 29.5 Å². The number of methoxy groups -OCH3 is 1. The maximum absolute atomic E-state index is 12.7. The van der Waals surface area contributed by atoms with Gasteiger partial charge in [-0.15, -0.1) is 5.10 Å². The molecule has 0 N–H and O–H groups in total. The van der Waals surface area contributed by atoms with Crippen molar-refractivity contribution >= 4 is 43.6 Å². The molecule has 35 heavy (non-hydrogen) atoms. The van der Waals surface area contributed by atoms with Crippen LogP contribution in [0.2, 0.25) is 0 Å². The minimum Gasteiger partial charge on any atom is -0.493 e. The molecule has 0 saturated heterocycles. The number of nitro groups is 1. The fourth-order valence-corrected chi connectivity index (χ4v) is 5.20. The van der Waals surface area contributed by atoms with Crippen LogP contribution >= 0.6 is 11.3 Å². The van der Waals surface area contributed by atoms with Gasteiger partial charge in [-0.25, -0.2) is 0 Å². The number of nitrogens with zero attached hydrogens (tertiary/aromatic N) is 4. The second kappa shape index (κ2) is 9.68. The Morgan fingerprint density at radius 2 is 1.86 bits per heavy atom. The highest BCUT2D eigenvalue weighted by atomic mass is 32.2. The number of ether oxygens (including phenoxy) is 1. The summed E-state index contributed by atoms with van der Waals surface area (Å²) in [7, 11) is -1.06. The molecule has 0 radical (unpaired) electrons. The lowest BCUT2D eigenvalue weighted by Gasteiger charge is -2.11. The van der Waals surface area contributed by atoms with Crippen LogP contribution in [0.3, 0.4) is 0 Å². The molecule has 0 aliphatic carbocycles. The summed E-state index contributed by atoms with van der Waals surface area (Å²) in [6.45, 7) is 1.52. The highest BCUT2D eigenvalue weighted by molar-refractivity contribution is 7.87. The van der Waals surface area contributed by atoms with Crippen molar-refractivity contribution in [3.05, 3.63) is 86.7 Å². The molecule has 1 heterocycles. The number of aryl methyl sites for hydroxylation is 2. The third-order valence-corrected chi connectivity index (χ3v) is 7.45. The standard InChI is InChI=1S/C23H20N4O6S2/c1-15-8-10-17(13-19(15)27(28)29)35(30,31)33-20-11-9-16(12-21(20)32-3)14-24-25-23-26(2)18-6-4-5-7-22(18)34-23/h4-14H,1-3H3/b24-14-,25-23+. The summed E-state index contributed by atoms with van der Waals surface area (Å²) in [6.07, 6.45) is 1.51. The molecule has 0 aliphatic heterocycles. The molecule has 0 spiro atoms. The maximum Gasteiger partial charge on any atom is 0.339 e. The minimum atomic E-state index is -4.34. The first-order chi connectivity index (χ1) is 16.7. The molecule has 1 aromatic heterocycles. The Labute approximate surface area is 204 Å². The molecule has 0 unspecified atom stereocenters. The first kappa shape index (κ1) is 24.1. The van der Waals surface area contributed by atoms with Gasteiger partial charge in [0.15, 0.2) is 11.5 Å². The summed E-state index contributed by atoms with van der Waals surface area (Å²) >= 11 is 1.51. The van der Waals surface area contributed by atoms with Crippen molar-refractivity contribution in [2.24, 2.45) is 17.3 Å². The number of hydrogen-bond donors (Lipinski definition) is 0. The predicted octanol–water partition coefficient (Wildman–Crippen LogP) is 4.17. The number of rotatable bonds is 7. The van der Waals surface area contributed by atoms with Crippen LogP contribution in [0.4, 0.5) is 5.69 Å². The van der Waals surface area contributed by atoms with E-state index < -0.39 is 15.0 Å². The van der Waals surface area contributed by atoms with Crippen LogP contribution in [0.5, 0.6) is 11.5 Å². The molecule has 0 atom stereocenters.